The van der Waals surface area contributed by atoms with Crippen LogP contribution in [0, 0.1) is 24.0 Å². The summed E-state index contributed by atoms with van der Waals surface area (Å²) in [7, 11) is 1.45. The molecule has 0 saturated heterocycles. The van der Waals surface area contributed by atoms with Crippen LogP contribution in [-0.4, -0.2) is 20.7 Å². The fourth-order valence-electron chi connectivity index (χ4n) is 2.07. The molecule has 0 bridgehead atoms. The van der Waals surface area contributed by atoms with E-state index in [4.69, 9.17) is 4.74 Å². The second-order valence-electron chi connectivity index (χ2n) is 5.02. The molecular weight excluding hydrogens is 302 g/mol. The van der Waals surface area contributed by atoms with Crippen molar-refractivity contribution in [1.82, 2.24) is 9.78 Å². The lowest BCUT2D eigenvalue weighted by Crippen LogP contribution is -2.29. The highest BCUT2D eigenvalue weighted by molar-refractivity contribution is 5.90. The van der Waals surface area contributed by atoms with Crippen LogP contribution in [0.5, 0.6) is 0 Å². The van der Waals surface area contributed by atoms with Gasteiger partial charge >= 0.3 is 5.97 Å². The molecule has 0 aliphatic heterocycles. The van der Waals surface area contributed by atoms with Gasteiger partial charge in [-0.15, -0.1) is 0 Å². The van der Waals surface area contributed by atoms with Crippen molar-refractivity contribution in [3.05, 3.63) is 67.1 Å². The predicted molar refractivity (Wildman–Crippen MR) is 81.2 cm³/mol. The smallest absolute Gasteiger partial charge is 0.344 e. The molecule has 0 unspecified atom stereocenters. The van der Waals surface area contributed by atoms with Gasteiger partial charge in [0.25, 0.3) is 11.2 Å². The van der Waals surface area contributed by atoms with Gasteiger partial charge in [-0.1, -0.05) is 12.1 Å². The molecule has 0 spiro atoms. The zero-order valence-corrected chi connectivity index (χ0v) is 12.9. The van der Waals surface area contributed by atoms with Crippen molar-refractivity contribution in [2.75, 3.05) is 0 Å². The maximum atomic E-state index is 12.2. The van der Waals surface area contributed by atoms with E-state index in [-0.39, 0.29) is 17.9 Å². The number of hydrogen-bond acceptors (Lipinski definition) is 6. The number of carbonyl (C=O) groups is 1. The average Bonchev–Trinajstić information content (AvgIpc) is 2.51. The van der Waals surface area contributed by atoms with E-state index in [9.17, 15) is 19.7 Å². The molecule has 23 heavy (non-hydrogen) atoms. The largest absolute Gasteiger partial charge is 0.457 e. The maximum absolute atomic E-state index is 12.2. The average molecular weight is 317 g/mol. The molecule has 0 aliphatic rings. The molecule has 1 heterocycles. The van der Waals surface area contributed by atoms with E-state index in [0.717, 1.165) is 4.68 Å². The number of esters is 1. The van der Waals surface area contributed by atoms with E-state index in [0.29, 0.717) is 16.8 Å². The standard InChI is InChI=1S/C15H15N3O5/c1-9-10(2)16-17(3)14(19)13(9)15(20)23-8-11-5-4-6-12(7-11)18(21)22/h4-7H,8H2,1-3H3. The second kappa shape index (κ2) is 6.39. The molecule has 0 N–H and O–H groups in total. The van der Waals surface area contributed by atoms with Crippen LogP contribution in [0.4, 0.5) is 5.69 Å². The first-order valence-corrected chi connectivity index (χ1v) is 6.76. The lowest BCUT2D eigenvalue weighted by atomic mass is 10.1. The van der Waals surface area contributed by atoms with Crippen molar-refractivity contribution < 1.29 is 14.5 Å². The number of nitrogens with zero attached hydrogens (tertiary/aromatic N) is 3. The van der Waals surface area contributed by atoms with E-state index in [1.807, 2.05) is 0 Å². The normalized spacial score (nSPS) is 10.4. The quantitative estimate of drug-likeness (QED) is 0.482. The first-order valence-electron chi connectivity index (χ1n) is 6.76. The zero-order chi connectivity index (χ0) is 17.1. The van der Waals surface area contributed by atoms with E-state index in [1.54, 1.807) is 19.9 Å². The van der Waals surface area contributed by atoms with E-state index >= 15 is 0 Å². The first-order chi connectivity index (χ1) is 10.8. The third-order valence-corrected chi connectivity index (χ3v) is 3.42. The number of rotatable bonds is 4. The third kappa shape index (κ3) is 3.42. The minimum absolute atomic E-state index is 0.0783. The molecule has 0 aliphatic carbocycles. The Kier molecular flexibility index (Phi) is 4.54. The molecule has 1 aromatic carbocycles. The summed E-state index contributed by atoms with van der Waals surface area (Å²) in [5.74, 6) is -0.778. The van der Waals surface area contributed by atoms with Gasteiger partial charge in [0.05, 0.1) is 10.6 Å². The van der Waals surface area contributed by atoms with E-state index in [2.05, 4.69) is 5.10 Å². The molecule has 120 valence electrons. The SMILES string of the molecule is Cc1nn(C)c(=O)c(C(=O)OCc2cccc([N+](=O)[O-])c2)c1C. The van der Waals surface area contributed by atoms with Crippen LogP contribution in [-0.2, 0) is 18.4 Å². The topological polar surface area (TPSA) is 104 Å². The lowest BCUT2D eigenvalue weighted by Gasteiger charge is -2.09. The Bertz CT molecular complexity index is 841. The van der Waals surface area contributed by atoms with Gasteiger partial charge in [0.15, 0.2) is 0 Å². The van der Waals surface area contributed by atoms with Gasteiger partial charge in [-0.25, -0.2) is 9.48 Å². The minimum atomic E-state index is -0.778. The van der Waals surface area contributed by atoms with Gasteiger partial charge < -0.3 is 4.74 Å². The van der Waals surface area contributed by atoms with Crippen molar-refractivity contribution >= 4 is 11.7 Å². The molecule has 0 fully saturated rings. The monoisotopic (exact) mass is 317 g/mol. The number of hydrogen-bond donors (Lipinski definition) is 0. The van der Waals surface area contributed by atoms with Crippen molar-refractivity contribution in [2.24, 2.45) is 7.05 Å². The Morgan fingerprint density at radius 2 is 2.09 bits per heavy atom. The summed E-state index contributed by atoms with van der Waals surface area (Å²) in [5, 5.41) is 14.7. The molecule has 0 radical (unpaired) electrons. The first kappa shape index (κ1) is 16.3. The summed E-state index contributed by atoms with van der Waals surface area (Å²) in [6.45, 7) is 3.14. The van der Waals surface area contributed by atoms with Crippen LogP contribution >= 0.6 is 0 Å². The Labute approximate surface area is 131 Å². The van der Waals surface area contributed by atoms with Crippen molar-refractivity contribution in [2.45, 2.75) is 20.5 Å². The Balaban J connectivity index is 2.23. The minimum Gasteiger partial charge on any atom is -0.457 e. The lowest BCUT2D eigenvalue weighted by molar-refractivity contribution is -0.384. The number of benzene rings is 1. The van der Waals surface area contributed by atoms with E-state index < -0.39 is 16.5 Å². The van der Waals surface area contributed by atoms with E-state index in [1.165, 1.54) is 25.2 Å². The van der Waals surface area contributed by atoms with Crippen LogP contribution in [0.15, 0.2) is 29.1 Å². The summed E-state index contributed by atoms with van der Waals surface area (Å²) >= 11 is 0. The molecule has 8 heteroatoms. The molecule has 0 atom stereocenters. The van der Waals surface area contributed by atoms with Crippen LogP contribution < -0.4 is 5.56 Å². The van der Waals surface area contributed by atoms with Gasteiger partial charge in [-0.05, 0) is 25.0 Å². The molecule has 8 nitrogen and oxygen atoms in total. The third-order valence-electron chi connectivity index (χ3n) is 3.42. The fraction of sp³-hybridized carbons (Fsp3) is 0.267. The molecule has 2 aromatic rings. The summed E-state index contributed by atoms with van der Waals surface area (Å²) in [5.41, 5.74) is 0.757. The van der Waals surface area contributed by atoms with Gasteiger partial charge in [0.2, 0.25) is 0 Å². The summed E-state index contributed by atoms with van der Waals surface area (Å²) in [6.07, 6.45) is 0. The van der Waals surface area contributed by atoms with Crippen molar-refractivity contribution in [3.63, 3.8) is 0 Å². The Hall–Kier alpha value is -3.03. The fourth-order valence-corrected chi connectivity index (χ4v) is 2.07. The molecule has 0 amide bonds. The molecule has 0 saturated carbocycles. The molecule has 2 rings (SSSR count). The van der Waals surface area contributed by atoms with Gasteiger partial charge in [-0.2, -0.15) is 5.10 Å². The number of nitro benzene ring substituents is 1. The summed E-state index contributed by atoms with van der Waals surface area (Å²) in [6, 6.07) is 5.76. The number of aryl methyl sites for hydroxylation is 2. The second-order valence-corrected chi connectivity index (χ2v) is 5.02. The Morgan fingerprint density at radius 1 is 1.39 bits per heavy atom. The number of ether oxygens (including phenoxy) is 1. The zero-order valence-electron chi connectivity index (χ0n) is 12.9. The highest BCUT2D eigenvalue weighted by Gasteiger charge is 2.19. The van der Waals surface area contributed by atoms with Crippen molar-refractivity contribution in [3.8, 4) is 0 Å². The van der Waals surface area contributed by atoms with Crippen LogP contribution in [0.2, 0.25) is 0 Å². The number of carbonyl (C=O) groups excluding carboxylic acids is 1. The van der Waals surface area contributed by atoms with Crippen molar-refractivity contribution in [1.29, 1.82) is 0 Å². The molecule has 1 aromatic heterocycles. The van der Waals surface area contributed by atoms with Gasteiger partial charge in [0.1, 0.15) is 12.2 Å². The van der Waals surface area contributed by atoms with Crippen LogP contribution in [0.1, 0.15) is 27.2 Å². The van der Waals surface area contributed by atoms with Gasteiger partial charge in [-0.3, -0.25) is 14.9 Å². The molecular formula is C15H15N3O5. The number of non-ortho nitro benzene ring substituents is 1. The highest BCUT2D eigenvalue weighted by Crippen LogP contribution is 2.15. The Morgan fingerprint density at radius 3 is 2.74 bits per heavy atom. The number of aromatic nitrogens is 2. The summed E-state index contributed by atoms with van der Waals surface area (Å²) < 4.78 is 6.19. The predicted octanol–water partition coefficient (Wildman–Crippen LogP) is 1.66. The maximum Gasteiger partial charge on any atom is 0.344 e. The summed E-state index contributed by atoms with van der Waals surface area (Å²) in [4.78, 5) is 34.4. The van der Waals surface area contributed by atoms with Crippen LogP contribution in [0.25, 0.3) is 0 Å². The van der Waals surface area contributed by atoms with Crippen LogP contribution in [0.3, 0.4) is 0 Å². The van der Waals surface area contributed by atoms with Gasteiger partial charge in [0, 0.05) is 19.2 Å². The number of nitro groups is 1. The highest BCUT2D eigenvalue weighted by atomic mass is 16.6.